The van der Waals surface area contributed by atoms with Gasteiger partial charge in [-0.15, -0.1) is 0 Å². The highest BCUT2D eigenvalue weighted by Gasteiger charge is 2.54. The third-order valence-electron chi connectivity index (χ3n) is 7.54. The molecule has 47 heavy (non-hydrogen) atoms. The van der Waals surface area contributed by atoms with Crippen molar-refractivity contribution in [2.45, 2.75) is 37.6 Å². The summed E-state index contributed by atoms with van der Waals surface area (Å²) < 4.78 is 40.4. The van der Waals surface area contributed by atoms with Crippen molar-refractivity contribution in [3.05, 3.63) is 145 Å². The van der Waals surface area contributed by atoms with E-state index in [1.54, 1.807) is 42.5 Å². The van der Waals surface area contributed by atoms with Gasteiger partial charge in [-0.1, -0.05) is 63.5 Å². The summed E-state index contributed by atoms with van der Waals surface area (Å²) in [5.74, 6) is -1.70. The van der Waals surface area contributed by atoms with Crippen LogP contribution in [-0.2, 0) is 29.0 Å². The van der Waals surface area contributed by atoms with Crippen molar-refractivity contribution in [1.82, 2.24) is 10.9 Å². The number of carbonyl (C=O) groups is 1. The molecule has 0 aromatic heterocycles. The Morgan fingerprint density at radius 1 is 1.04 bits per heavy atom. The molecule has 4 aromatic rings. The van der Waals surface area contributed by atoms with Crippen LogP contribution in [0.15, 0.2) is 106 Å². The van der Waals surface area contributed by atoms with Crippen LogP contribution in [-0.4, -0.2) is 35.7 Å². The van der Waals surface area contributed by atoms with Crippen LogP contribution in [0.25, 0.3) is 10.4 Å². The van der Waals surface area contributed by atoms with Gasteiger partial charge < -0.3 is 14.6 Å². The van der Waals surface area contributed by atoms with Gasteiger partial charge in [-0.05, 0) is 76.3 Å². The van der Waals surface area contributed by atoms with Crippen LogP contribution in [0.5, 0.6) is 5.75 Å². The lowest BCUT2D eigenvalue weighted by atomic mass is 9.81. The lowest BCUT2D eigenvalue weighted by molar-refractivity contribution is -0.130. The minimum absolute atomic E-state index is 0.00458. The average Bonchev–Trinajstić information content (AvgIpc) is 3.47. The number of halogens is 3. The first-order valence-electron chi connectivity index (χ1n) is 14.7. The van der Waals surface area contributed by atoms with Crippen molar-refractivity contribution in [1.29, 1.82) is 0 Å². The van der Waals surface area contributed by atoms with Gasteiger partial charge in [0, 0.05) is 40.9 Å². The van der Waals surface area contributed by atoms with E-state index in [9.17, 15) is 13.6 Å². The molecule has 10 nitrogen and oxygen atoms in total. The van der Waals surface area contributed by atoms with Crippen LogP contribution in [0.4, 0.5) is 8.78 Å². The van der Waals surface area contributed by atoms with Gasteiger partial charge in [0.25, 0.3) is 5.91 Å². The number of hydrazine groups is 1. The topological polar surface area (TPSA) is 141 Å². The van der Waals surface area contributed by atoms with Gasteiger partial charge in [0.05, 0.1) is 13.2 Å². The Bertz CT molecular complexity index is 1780. The van der Waals surface area contributed by atoms with Gasteiger partial charge in [-0.3, -0.25) is 10.2 Å². The van der Waals surface area contributed by atoms with Crippen molar-refractivity contribution in [2.24, 2.45) is 10.1 Å². The second-order valence-electron chi connectivity index (χ2n) is 10.7. The number of aliphatic imine (C=N–C) groups is 1. The number of carbonyl (C=O) groups excluding carboxylic acids is 1. The monoisotopic (exact) mass is 704 g/mol. The number of benzene rings is 4. The summed E-state index contributed by atoms with van der Waals surface area (Å²) in [7, 11) is 0. The Morgan fingerprint density at radius 3 is 2.51 bits per heavy atom. The number of nitrogens with zero attached hydrogens (tertiary/aromatic N) is 4. The van der Waals surface area contributed by atoms with Crippen molar-refractivity contribution in [2.75, 3.05) is 13.2 Å². The predicted molar refractivity (Wildman–Crippen MR) is 175 cm³/mol. The van der Waals surface area contributed by atoms with Crippen LogP contribution in [0.2, 0.25) is 0 Å². The molecule has 4 aromatic carbocycles. The molecule has 0 bridgehead atoms. The maximum Gasteiger partial charge on any atom is 0.266 e. The summed E-state index contributed by atoms with van der Waals surface area (Å²) in [6, 6.07) is 25.2. The molecule has 1 aliphatic rings. The summed E-state index contributed by atoms with van der Waals surface area (Å²) in [6.07, 6.45) is -0.353. The molecule has 0 saturated carbocycles. The van der Waals surface area contributed by atoms with Gasteiger partial charge in [-0.25, -0.2) is 19.2 Å². The number of aliphatic hydroxyl groups is 1. The minimum atomic E-state index is -1.58. The first-order chi connectivity index (χ1) is 22.8. The highest BCUT2D eigenvalue weighted by atomic mass is 79.9. The van der Waals surface area contributed by atoms with E-state index in [-0.39, 0.29) is 32.0 Å². The van der Waals surface area contributed by atoms with Crippen LogP contribution in [0.1, 0.15) is 40.3 Å². The second kappa shape index (κ2) is 15.7. The lowest BCUT2D eigenvalue weighted by Crippen LogP contribution is -2.53. The van der Waals surface area contributed by atoms with Crippen molar-refractivity contribution in [3.63, 3.8) is 0 Å². The highest BCUT2D eigenvalue weighted by Crippen LogP contribution is 2.44. The zero-order valence-electron chi connectivity index (χ0n) is 25.1. The lowest BCUT2D eigenvalue weighted by Gasteiger charge is -2.32. The normalized spacial score (nSPS) is 16.9. The summed E-state index contributed by atoms with van der Waals surface area (Å²) >= 11 is 3.46. The van der Waals surface area contributed by atoms with Gasteiger partial charge in [0.2, 0.25) is 5.90 Å². The quantitative estimate of drug-likeness (QED) is 0.0445. The first-order valence-corrected chi connectivity index (χ1v) is 15.5. The fourth-order valence-corrected chi connectivity index (χ4v) is 5.46. The van der Waals surface area contributed by atoms with E-state index in [1.165, 1.54) is 6.07 Å². The van der Waals surface area contributed by atoms with Gasteiger partial charge in [0.15, 0.2) is 23.3 Å². The largest absolute Gasteiger partial charge is 0.494 e. The number of hydrogen-bond acceptors (Lipinski definition) is 7. The van der Waals surface area contributed by atoms with Crippen LogP contribution in [0, 0.1) is 11.6 Å². The molecule has 1 aliphatic heterocycles. The maximum absolute atomic E-state index is 14.4. The number of amides is 1. The first kappa shape index (κ1) is 33.6. The van der Waals surface area contributed by atoms with Gasteiger partial charge in [0.1, 0.15) is 5.75 Å². The molecule has 0 saturated heterocycles. The molecule has 0 spiro atoms. The molecule has 5 rings (SSSR count). The Labute approximate surface area is 278 Å². The number of aliphatic hydroxyl groups excluding tert-OH is 1. The molecule has 0 radical (unpaired) electrons. The van der Waals surface area contributed by atoms with E-state index < -0.39 is 29.2 Å². The molecule has 0 unspecified atom stereocenters. The molecule has 1 heterocycles. The zero-order valence-corrected chi connectivity index (χ0v) is 26.7. The minimum Gasteiger partial charge on any atom is -0.494 e. The number of azide groups is 1. The fourth-order valence-electron chi connectivity index (χ4n) is 5.20. The van der Waals surface area contributed by atoms with E-state index in [0.717, 1.165) is 22.2 Å². The maximum atomic E-state index is 14.4. The zero-order chi connectivity index (χ0) is 33.2. The summed E-state index contributed by atoms with van der Waals surface area (Å²) in [5, 5.41) is 12.8. The smallest absolute Gasteiger partial charge is 0.266 e. The van der Waals surface area contributed by atoms with Gasteiger partial charge >= 0.3 is 0 Å². The van der Waals surface area contributed by atoms with Crippen LogP contribution >= 0.6 is 15.9 Å². The summed E-state index contributed by atoms with van der Waals surface area (Å²) in [4.78, 5) is 22.3. The van der Waals surface area contributed by atoms with Crippen molar-refractivity contribution in [3.8, 4) is 5.75 Å². The highest BCUT2D eigenvalue weighted by molar-refractivity contribution is 9.10. The van der Waals surface area contributed by atoms with Crippen molar-refractivity contribution >= 4 is 27.7 Å². The van der Waals surface area contributed by atoms with E-state index in [4.69, 9.17) is 25.1 Å². The second-order valence-corrected chi connectivity index (χ2v) is 11.7. The molecule has 242 valence electrons. The molecule has 2 atom stereocenters. The average molecular weight is 706 g/mol. The fraction of sp³-hybridized carbons (Fsp3) is 0.235. The summed E-state index contributed by atoms with van der Waals surface area (Å²) in [5.41, 5.74) is 16.1. The Kier molecular flexibility index (Phi) is 11.2. The third kappa shape index (κ3) is 8.13. The van der Waals surface area contributed by atoms with E-state index in [2.05, 4.69) is 36.8 Å². The number of rotatable bonds is 14. The number of nitrogens with one attached hydrogen (secondary N) is 2. The molecular weight excluding hydrogens is 674 g/mol. The summed E-state index contributed by atoms with van der Waals surface area (Å²) in [6.45, 7) is 0.394. The SMILES string of the molecule is [N-]=[N+]=NCc1ccccc1[C@@H]1OC(c2ccc(OCCCO)cc2)=N[C@]1(Cc1ccc(Br)cc1)C(=O)NNCc1ccc(F)c(F)c1. The molecule has 0 fully saturated rings. The van der Waals surface area contributed by atoms with Crippen LogP contribution in [0.3, 0.4) is 0 Å². The molecule has 13 heteroatoms. The molecular formula is C34H31BrF2N6O4. The van der Waals surface area contributed by atoms with E-state index >= 15 is 0 Å². The standard InChI is InChI=1S/C34H31BrF2N6O4/c35-26-11-6-22(7-12-26)19-34(33(45)42-39-20-23-8-15-29(36)30(37)18-23)31(28-5-2-1-4-25(28)21-40-43-38)47-32(41-34)24-9-13-27(14-10-24)46-17-3-16-44/h1-2,4-15,18,31,39,44H,3,16-17,19-21H2,(H,42,45)/t31-,34-/m0/s1. The molecule has 1 amide bonds. The molecule has 0 aliphatic carbocycles. The molecule has 3 N–H and O–H groups in total. The van der Waals surface area contributed by atoms with Crippen molar-refractivity contribution < 1.29 is 28.2 Å². The van der Waals surface area contributed by atoms with E-state index in [1.807, 2.05) is 30.3 Å². The van der Waals surface area contributed by atoms with Gasteiger partial charge in [-0.2, -0.15) is 0 Å². The Morgan fingerprint density at radius 2 is 1.79 bits per heavy atom. The predicted octanol–water partition coefficient (Wildman–Crippen LogP) is 6.62. The van der Waals surface area contributed by atoms with Crippen LogP contribution < -0.4 is 15.6 Å². The number of hydrogen-bond donors (Lipinski definition) is 3. The Balaban J connectivity index is 1.55. The number of ether oxygens (including phenoxy) is 2. The third-order valence-corrected chi connectivity index (χ3v) is 8.07. The Hall–Kier alpha value is -4.81. The van der Waals surface area contributed by atoms with E-state index in [0.29, 0.717) is 41.0 Å².